The largest absolute Gasteiger partial charge is 0.491 e. The molecule has 3 aromatic rings. The zero-order chi connectivity index (χ0) is 24.2. The Bertz CT molecular complexity index is 1330. The van der Waals surface area contributed by atoms with Crippen molar-refractivity contribution in [2.24, 2.45) is 0 Å². The van der Waals surface area contributed by atoms with Gasteiger partial charge in [-0.3, -0.25) is 9.78 Å². The second-order valence-corrected chi connectivity index (χ2v) is 9.39. The number of sulfone groups is 1. The van der Waals surface area contributed by atoms with Gasteiger partial charge in [0.1, 0.15) is 23.5 Å². The highest BCUT2D eigenvalue weighted by Crippen LogP contribution is 2.28. The van der Waals surface area contributed by atoms with Crippen LogP contribution in [0.25, 0.3) is 11.3 Å². The minimum Gasteiger partial charge on any atom is -0.491 e. The highest BCUT2D eigenvalue weighted by molar-refractivity contribution is 7.90. The summed E-state index contributed by atoms with van der Waals surface area (Å²) in [5.41, 5.74) is 1.77. The molecule has 10 nitrogen and oxygen atoms in total. The Kier molecular flexibility index (Phi) is 6.89. The fourth-order valence-corrected chi connectivity index (χ4v) is 3.41. The van der Waals surface area contributed by atoms with Gasteiger partial charge in [0.25, 0.3) is 0 Å². The molecule has 0 aromatic carbocycles. The molecule has 1 amide bonds. The number of hydrogen-bond acceptors (Lipinski definition) is 9. The number of hydrogen-bond donors (Lipinski definition) is 2. The summed E-state index contributed by atoms with van der Waals surface area (Å²) in [6.07, 6.45) is 3.82. The molecule has 2 N–H and O–H groups in total. The maximum Gasteiger partial charge on any atom is 0.222 e. The number of carbonyl (C=O) groups excluding carboxylic acids is 1. The second-order valence-electron chi connectivity index (χ2n) is 7.43. The van der Waals surface area contributed by atoms with Crippen molar-refractivity contribution in [2.45, 2.75) is 31.9 Å². The third-order valence-electron chi connectivity index (χ3n) is 4.18. The second kappa shape index (κ2) is 9.62. The summed E-state index contributed by atoms with van der Waals surface area (Å²) in [5.74, 6) is 0.690. The first-order chi connectivity index (χ1) is 15.5. The number of rotatable bonds is 7. The molecule has 0 spiro atoms. The average molecular weight is 467 g/mol. The van der Waals surface area contributed by atoms with E-state index in [0.717, 1.165) is 6.26 Å². The van der Waals surface area contributed by atoms with E-state index in [0.29, 0.717) is 28.5 Å². The lowest BCUT2D eigenvalue weighted by Gasteiger charge is -2.14. The molecule has 170 valence electrons. The number of ether oxygens (including phenoxy) is 1. The van der Waals surface area contributed by atoms with Gasteiger partial charge < -0.3 is 15.4 Å². The van der Waals surface area contributed by atoms with Crippen molar-refractivity contribution in [3.63, 3.8) is 0 Å². The summed E-state index contributed by atoms with van der Waals surface area (Å²) in [7, 11) is -3.60. The Morgan fingerprint density at radius 1 is 1.12 bits per heavy atom. The first kappa shape index (κ1) is 23.6. The molecule has 3 rings (SSSR count). The number of nitrogens with one attached hydrogen (secondary N) is 2. The Labute approximate surface area is 191 Å². The zero-order valence-electron chi connectivity index (χ0n) is 18.4. The van der Waals surface area contributed by atoms with Crippen LogP contribution in [0.3, 0.4) is 0 Å². The number of aromatic nitrogens is 3. The predicted octanol–water partition coefficient (Wildman–Crippen LogP) is 3.30. The maximum absolute atomic E-state index is 12.1. The van der Waals surface area contributed by atoms with E-state index in [9.17, 15) is 18.5 Å². The Morgan fingerprint density at radius 3 is 2.45 bits per heavy atom. The standard InChI is InChI=1S/C22H22N6O4S/c1-13(2)32-17-7-21(28-22(8-17)33(4,30)31)27-19-9-18(24-12-16(19)10-23)15-5-6-20(25-11-15)26-14(3)29/h5-9,11-13H,1-4H3,(H,24,27,28)(H,25,26,29). The number of amides is 1. The fraction of sp³-hybridized carbons (Fsp3) is 0.227. The van der Waals surface area contributed by atoms with Crippen LogP contribution in [0.1, 0.15) is 26.3 Å². The molecule has 0 atom stereocenters. The average Bonchev–Trinajstić information content (AvgIpc) is 2.72. The normalized spacial score (nSPS) is 11.0. The molecule has 3 aromatic heterocycles. The molecule has 0 aliphatic heterocycles. The summed E-state index contributed by atoms with van der Waals surface area (Å²) < 4.78 is 29.8. The van der Waals surface area contributed by atoms with Gasteiger partial charge in [0, 0.05) is 43.3 Å². The van der Waals surface area contributed by atoms with Crippen molar-refractivity contribution in [2.75, 3.05) is 16.9 Å². The van der Waals surface area contributed by atoms with E-state index in [1.807, 2.05) is 13.8 Å². The van der Waals surface area contributed by atoms with Crippen LogP contribution in [0.5, 0.6) is 5.75 Å². The van der Waals surface area contributed by atoms with Crippen molar-refractivity contribution in [1.82, 2.24) is 15.0 Å². The van der Waals surface area contributed by atoms with E-state index in [1.165, 1.54) is 19.2 Å². The predicted molar refractivity (Wildman–Crippen MR) is 123 cm³/mol. The molecular formula is C22H22N6O4S. The Morgan fingerprint density at radius 2 is 1.88 bits per heavy atom. The van der Waals surface area contributed by atoms with Gasteiger partial charge in [-0.15, -0.1) is 0 Å². The van der Waals surface area contributed by atoms with E-state index in [4.69, 9.17) is 4.74 Å². The third kappa shape index (κ3) is 6.24. The molecule has 3 heterocycles. The van der Waals surface area contributed by atoms with Crippen molar-refractivity contribution < 1.29 is 17.9 Å². The molecule has 0 aliphatic carbocycles. The van der Waals surface area contributed by atoms with Gasteiger partial charge in [-0.2, -0.15) is 5.26 Å². The van der Waals surface area contributed by atoms with Crippen LogP contribution in [0.2, 0.25) is 0 Å². The lowest BCUT2D eigenvalue weighted by Crippen LogP contribution is -2.09. The van der Waals surface area contributed by atoms with Crippen molar-refractivity contribution in [1.29, 1.82) is 5.26 Å². The lowest BCUT2D eigenvalue weighted by atomic mass is 10.1. The van der Waals surface area contributed by atoms with Crippen LogP contribution in [-0.2, 0) is 14.6 Å². The molecule has 0 saturated heterocycles. The molecule has 0 radical (unpaired) electrons. The lowest BCUT2D eigenvalue weighted by molar-refractivity contribution is -0.114. The molecule has 0 saturated carbocycles. The number of pyridine rings is 3. The van der Waals surface area contributed by atoms with Gasteiger partial charge in [-0.1, -0.05) is 0 Å². The monoisotopic (exact) mass is 466 g/mol. The fourth-order valence-electron chi connectivity index (χ4n) is 2.82. The smallest absolute Gasteiger partial charge is 0.222 e. The summed E-state index contributed by atoms with van der Waals surface area (Å²) in [4.78, 5) is 23.8. The topological polar surface area (TPSA) is 147 Å². The number of nitriles is 1. The minimum absolute atomic E-state index is 0.159. The SMILES string of the molecule is CC(=O)Nc1ccc(-c2cc(Nc3cc(OC(C)C)cc(S(C)(=O)=O)n3)c(C#N)cn2)cn1. The number of nitrogens with zero attached hydrogens (tertiary/aromatic N) is 4. The van der Waals surface area contributed by atoms with E-state index < -0.39 is 9.84 Å². The Balaban J connectivity index is 2.00. The van der Waals surface area contributed by atoms with Gasteiger partial charge >= 0.3 is 0 Å². The molecular weight excluding hydrogens is 444 g/mol. The molecule has 0 aliphatic rings. The van der Waals surface area contributed by atoms with E-state index in [-0.39, 0.29) is 28.4 Å². The first-order valence-electron chi connectivity index (χ1n) is 9.85. The quantitative estimate of drug-likeness (QED) is 0.535. The van der Waals surface area contributed by atoms with Crippen LogP contribution < -0.4 is 15.4 Å². The van der Waals surface area contributed by atoms with Crippen molar-refractivity contribution in [3.8, 4) is 23.1 Å². The van der Waals surface area contributed by atoms with Crippen molar-refractivity contribution in [3.05, 3.63) is 48.3 Å². The maximum atomic E-state index is 12.1. The summed E-state index contributed by atoms with van der Waals surface area (Å²) in [6, 6.07) is 9.96. The van der Waals surface area contributed by atoms with E-state index in [1.54, 1.807) is 30.5 Å². The zero-order valence-corrected chi connectivity index (χ0v) is 19.3. The highest BCUT2D eigenvalue weighted by atomic mass is 32.2. The molecule has 0 fully saturated rings. The Hall–Kier alpha value is -4.04. The minimum atomic E-state index is -3.60. The van der Waals surface area contributed by atoms with E-state index >= 15 is 0 Å². The van der Waals surface area contributed by atoms with Crippen LogP contribution in [0.4, 0.5) is 17.3 Å². The van der Waals surface area contributed by atoms with Gasteiger partial charge in [0.05, 0.1) is 23.0 Å². The number of carbonyl (C=O) groups is 1. The van der Waals surface area contributed by atoms with E-state index in [2.05, 4.69) is 31.7 Å². The summed E-state index contributed by atoms with van der Waals surface area (Å²) in [5, 5.41) is 14.9. The van der Waals surface area contributed by atoms with Crippen LogP contribution >= 0.6 is 0 Å². The van der Waals surface area contributed by atoms with Gasteiger partial charge in [-0.25, -0.2) is 18.4 Å². The van der Waals surface area contributed by atoms with Gasteiger partial charge in [0.2, 0.25) is 5.91 Å². The van der Waals surface area contributed by atoms with Gasteiger partial charge in [0.15, 0.2) is 14.9 Å². The summed E-state index contributed by atoms with van der Waals surface area (Å²) >= 11 is 0. The third-order valence-corrected chi connectivity index (χ3v) is 5.15. The highest BCUT2D eigenvalue weighted by Gasteiger charge is 2.15. The molecule has 11 heteroatoms. The first-order valence-corrected chi connectivity index (χ1v) is 11.7. The van der Waals surface area contributed by atoms with Crippen LogP contribution in [0, 0.1) is 11.3 Å². The molecule has 0 unspecified atom stereocenters. The molecule has 33 heavy (non-hydrogen) atoms. The van der Waals surface area contributed by atoms with Crippen LogP contribution in [0.15, 0.2) is 47.8 Å². The number of anilines is 3. The van der Waals surface area contributed by atoms with Crippen LogP contribution in [-0.4, -0.2) is 41.6 Å². The molecule has 0 bridgehead atoms. The summed E-state index contributed by atoms with van der Waals surface area (Å²) in [6.45, 7) is 5.03. The van der Waals surface area contributed by atoms with Crippen molar-refractivity contribution >= 4 is 33.1 Å². The van der Waals surface area contributed by atoms with Gasteiger partial charge in [-0.05, 0) is 32.0 Å².